The van der Waals surface area contributed by atoms with Gasteiger partial charge in [0.05, 0.1) is 12.3 Å². The van der Waals surface area contributed by atoms with Crippen LogP contribution in [0, 0.1) is 0 Å². The van der Waals surface area contributed by atoms with Crippen LogP contribution in [0.3, 0.4) is 0 Å². The first-order valence-corrected chi connectivity index (χ1v) is 11.2. The summed E-state index contributed by atoms with van der Waals surface area (Å²) < 4.78 is 6.35. The van der Waals surface area contributed by atoms with E-state index in [1.54, 1.807) is 24.3 Å². The molecule has 1 aromatic carbocycles. The number of ether oxygens (including phenoxy) is 1. The second-order valence-corrected chi connectivity index (χ2v) is 8.93. The second kappa shape index (κ2) is 10.7. The van der Waals surface area contributed by atoms with Gasteiger partial charge in [-0.3, -0.25) is 4.79 Å². The molecule has 1 fully saturated rings. The third kappa shape index (κ3) is 7.20. The summed E-state index contributed by atoms with van der Waals surface area (Å²) in [7, 11) is 0. The minimum Gasteiger partial charge on any atom is -0.492 e. The summed E-state index contributed by atoms with van der Waals surface area (Å²) in [6.45, 7) is 0.860. The van der Waals surface area contributed by atoms with Crippen LogP contribution in [-0.4, -0.2) is 41.1 Å². The molecule has 27 heavy (non-hydrogen) atoms. The molecule has 1 aliphatic rings. The van der Waals surface area contributed by atoms with Gasteiger partial charge in [0.1, 0.15) is 12.4 Å². The predicted octanol–water partition coefficient (Wildman–Crippen LogP) is 4.22. The van der Waals surface area contributed by atoms with Crippen molar-refractivity contribution in [1.29, 1.82) is 0 Å². The summed E-state index contributed by atoms with van der Waals surface area (Å²) in [6.07, 6.45) is 6.28. The minimum atomic E-state index is -0.0447. The van der Waals surface area contributed by atoms with Gasteiger partial charge in [-0.15, -0.1) is 10.2 Å². The number of benzene rings is 1. The topological polar surface area (TPSA) is 76.1 Å². The first-order valence-electron chi connectivity index (χ1n) is 9.07. The van der Waals surface area contributed by atoms with Gasteiger partial charge in [0.2, 0.25) is 11.0 Å². The molecule has 1 heterocycles. The lowest BCUT2D eigenvalue weighted by Crippen LogP contribution is -2.29. The molecule has 0 spiro atoms. The summed E-state index contributed by atoms with van der Waals surface area (Å²) in [6, 6.07) is 7.65. The van der Waals surface area contributed by atoms with Crippen LogP contribution in [0.1, 0.15) is 32.1 Å². The van der Waals surface area contributed by atoms with E-state index in [0.717, 1.165) is 15.2 Å². The Morgan fingerprint density at radius 3 is 2.78 bits per heavy atom. The highest BCUT2D eigenvalue weighted by molar-refractivity contribution is 8.01. The lowest BCUT2D eigenvalue weighted by Gasteiger charge is -2.21. The fourth-order valence-electron chi connectivity index (χ4n) is 2.82. The number of rotatable bonds is 9. The number of hydrogen-bond acceptors (Lipinski definition) is 7. The largest absolute Gasteiger partial charge is 0.492 e. The lowest BCUT2D eigenvalue weighted by molar-refractivity contribution is -0.118. The number of halogens is 1. The van der Waals surface area contributed by atoms with Crippen LogP contribution in [-0.2, 0) is 4.79 Å². The van der Waals surface area contributed by atoms with Gasteiger partial charge in [0, 0.05) is 11.1 Å². The van der Waals surface area contributed by atoms with Crippen molar-refractivity contribution in [1.82, 2.24) is 15.5 Å². The molecule has 0 atom stereocenters. The van der Waals surface area contributed by atoms with Crippen LogP contribution in [0.15, 0.2) is 28.6 Å². The van der Waals surface area contributed by atoms with Crippen LogP contribution in [0.25, 0.3) is 0 Å². The van der Waals surface area contributed by atoms with E-state index in [2.05, 4.69) is 20.8 Å². The first-order chi connectivity index (χ1) is 13.2. The Kier molecular flexibility index (Phi) is 8.04. The SMILES string of the molecule is O=C(CSc1nnc(NC2CCCCC2)s1)NCCOc1ccc(Cl)cc1. The molecule has 1 aromatic heterocycles. The van der Waals surface area contributed by atoms with Crippen molar-refractivity contribution < 1.29 is 9.53 Å². The van der Waals surface area contributed by atoms with Crippen molar-refractivity contribution in [3.63, 3.8) is 0 Å². The zero-order valence-corrected chi connectivity index (χ0v) is 17.3. The maximum absolute atomic E-state index is 11.9. The Hall–Kier alpha value is -1.51. The Balaban J connectivity index is 1.30. The number of anilines is 1. The van der Waals surface area contributed by atoms with Crippen molar-refractivity contribution in [3.8, 4) is 5.75 Å². The van der Waals surface area contributed by atoms with E-state index in [-0.39, 0.29) is 5.91 Å². The number of nitrogens with zero attached hydrogens (tertiary/aromatic N) is 2. The zero-order chi connectivity index (χ0) is 18.9. The molecule has 1 aliphatic carbocycles. The molecule has 0 saturated heterocycles. The van der Waals surface area contributed by atoms with Gasteiger partial charge in [-0.25, -0.2) is 0 Å². The normalized spacial score (nSPS) is 14.7. The van der Waals surface area contributed by atoms with E-state index in [4.69, 9.17) is 16.3 Å². The molecule has 146 valence electrons. The van der Waals surface area contributed by atoms with Crippen LogP contribution in [0.4, 0.5) is 5.13 Å². The van der Waals surface area contributed by atoms with E-state index in [0.29, 0.717) is 30.0 Å². The third-order valence-corrected chi connectivity index (χ3v) is 6.41. The number of carbonyl (C=O) groups is 1. The third-order valence-electron chi connectivity index (χ3n) is 4.17. The van der Waals surface area contributed by atoms with Gasteiger partial charge >= 0.3 is 0 Å². The maximum Gasteiger partial charge on any atom is 0.230 e. The van der Waals surface area contributed by atoms with Gasteiger partial charge < -0.3 is 15.4 Å². The quantitative estimate of drug-likeness (QED) is 0.461. The Labute approximate surface area is 172 Å². The van der Waals surface area contributed by atoms with E-state index in [1.807, 2.05) is 0 Å². The number of hydrogen-bond donors (Lipinski definition) is 2. The summed E-state index contributed by atoms with van der Waals surface area (Å²) in [5.74, 6) is 1.01. The minimum absolute atomic E-state index is 0.0447. The number of nitrogens with one attached hydrogen (secondary N) is 2. The average molecular weight is 427 g/mol. The van der Waals surface area contributed by atoms with Crippen LogP contribution in [0.2, 0.25) is 5.02 Å². The fraction of sp³-hybridized carbons (Fsp3) is 0.500. The Bertz CT molecular complexity index is 720. The monoisotopic (exact) mass is 426 g/mol. The summed E-state index contributed by atoms with van der Waals surface area (Å²) in [5, 5.41) is 16.1. The highest BCUT2D eigenvalue weighted by Crippen LogP contribution is 2.28. The van der Waals surface area contributed by atoms with Crippen molar-refractivity contribution in [2.24, 2.45) is 0 Å². The average Bonchev–Trinajstić information content (AvgIpc) is 3.13. The van der Waals surface area contributed by atoms with Gasteiger partial charge in [-0.1, -0.05) is 54.0 Å². The van der Waals surface area contributed by atoms with Crippen molar-refractivity contribution in [3.05, 3.63) is 29.3 Å². The first kappa shape index (κ1) is 20.2. The zero-order valence-electron chi connectivity index (χ0n) is 14.9. The molecule has 1 amide bonds. The summed E-state index contributed by atoms with van der Waals surface area (Å²) >= 11 is 8.74. The molecule has 0 unspecified atom stereocenters. The molecule has 0 bridgehead atoms. The molecular formula is C18H23ClN4O2S2. The van der Waals surface area contributed by atoms with E-state index in [1.165, 1.54) is 55.2 Å². The molecular weight excluding hydrogens is 404 g/mol. The summed E-state index contributed by atoms with van der Waals surface area (Å²) in [4.78, 5) is 11.9. The predicted molar refractivity (Wildman–Crippen MR) is 111 cm³/mol. The fourth-order valence-corrected chi connectivity index (χ4v) is 4.60. The van der Waals surface area contributed by atoms with Crippen LogP contribution < -0.4 is 15.4 Å². The number of thioether (sulfide) groups is 1. The van der Waals surface area contributed by atoms with Crippen LogP contribution >= 0.6 is 34.7 Å². The highest BCUT2D eigenvalue weighted by atomic mass is 35.5. The van der Waals surface area contributed by atoms with E-state index in [9.17, 15) is 4.79 Å². The Morgan fingerprint density at radius 2 is 2.00 bits per heavy atom. The van der Waals surface area contributed by atoms with Gasteiger partial charge in [-0.05, 0) is 37.1 Å². The van der Waals surface area contributed by atoms with Crippen molar-refractivity contribution in [2.45, 2.75) is 42.5 Å². The van der Waals surface area contributed by atoms with Crippen molar-refractivity contribution >= 4 is 45.7 Å². The standard InChI is InChI=1S/C18H23ClN4O2S2/c19-13-6-8-15(9-7-13)25-11-10-20-16(24)12-26-18-23-22-17(27-18)21-14-4-2-1-3-5-14/h6-9,14H,1-5,10-12H2,(H,20,24)(H,21,22). The maximum atomic E-state index is 11.9. The molecule has 3 rings (SSSR count). The highest BCUT2D eigenvalue weighted by Gasteiger charge is 2.15. The number of amides is 1. The van der Waals surface area contributed by atoms with E-state index < -0.39 is 0 Å². The van der Waals surface area contributed by atoms with Crippen LogP contribution in [0.5, 0.6) is 5.75 Å². The number of carbonyl (C=O) groups excluding carboxylic acids is 1. The smallest absolute Gasteiger partial charge is 0.230 e. The van der Waals surface area contributed by atoms with Gasteiger partial charge in [0.25, 0.3) is 0 Å². The van der Waals surface area contributed by atoms with Crippen molar-refractivity contribution in [2.75, 3.05) is 24.2 Å². The second-order valence-electron chi connectivity index (χ2n) is 6.29. The van der Waals surface area contributed by atoms with Gasteiger partial charge in [-0.2, -0.15) is 0 Å². The molecule has 9 heteroatoms. The molecule has 6 nitrogen and oxygen atoms in total. The lowest BCUT2D eigenvalue weighted by atomic mass is 9.96. The molecule has 0 aliphatic heterocycles. The molecule has 1 saturated carbocycles. The molecule has 2 aromatic rings. The van der Waals surface area contributed by atoms with Gasteiger partial charge in [0.15, 0.2) is 4.34 Å². The number of aromatic nitrogens is 2. The Morgan fingerprint density at radius 1 is 1.22 bits per heavy atom. The summed E-state index contributed by atoms with van der Waals surface area (Å²) in [5.41, 5.74) is 0. The van der Waals surface area contributed by atoms with E-state index >= 15 is 0 Å². The molecule has 0 radical (unpaired) electrons. The molecule has 2 N–H and O–H groups in total.